The Labute approximate surface area is 231 Å². The van der Waals surface area contributed by atoms with Crippen molar-refractivity contribution in [1.82, 2.24) is 13.9 Å². The van der Waals surface area contributed by atoms with Crippen molar-refractivity contribution in [3.05, 3.63) is 96.8 Å². The molecular weight excluding hydrogens is 566 g/mol. The largest absolute Gasteiger partial charge is 0.503 e. The lowest BCUT2D eigenvalue weighted by atomic mass is 9.51. The number of rotatable bonds is 3. The van der Waals surface area contributed by atoms with Crippen molar-refractivity contribution >= 4 is 27.5 Å². The van der Waals surface area contributed by atoms with Gasteiger partial charge in [0.15, 0.2) is 23.1 Å². The minimum absolute atomic E-state index is 0.0833. The van der Waals surface area contributed by atoms with Gasteiger partial charge in [0.1, 0.15) is 0 Å². The van der Waals surface area contributed by atoms with Gasteiger partial charge in [-0.1, -0.05) is 31.2 Å². The lowest BCUT2D eigenvalue weighted by Crippen LogP contribution is -2.54. The van der Waals surface area contributed by atoms with Gasteiger partial charge in [0.25, 0.3) is 0 Å². The van der Waals surface area contributed by atoms with Crippen LogP contribution in [0.5, 0.6) is 11.5 Å². The zero-order valence-corrected chi connectivity index (χ0v) is 23.1. The summed E-state index contributed by atoms with van der Waals surface area (Å²) in [4.78, 5) is 54.6. The monoisotopic (exact) mass is 591 g/mol. The van der Waals surface area contributed by atoms with Crippen LogP contribution in [-0.2, 0) is 16.1 Å². The predicted molar refractivity (Wildman–Crippen MR) is 146 cm³/mol. The minimum atomic E-state index is -1.15. The van der Waals surface area contributed by atoms with E-state index in [1.54, 1.807) is 49.4 Å². The molecule has 39 heavy (non-hydrogen) atoms. The van der Waals surface area contributed by atoms with E-state index < -0.39 is 34.7 Å². The summed E-state index contributed by atoms with van der Waals surface area (Å²) in [5, 5.41) is 10.5. The summed E-state index contributed by atoms with van der Waals surface area (Å²) in [5.41, 5.74) is 0.146. The normalized spacial score (nSPS) is 25.8. The molecule has 9 nitrogen and oxygen atoms in total. The van der Waals surface area contributed by atoms with Crippen LogP contribution in [0.1, 0.15) is 37.8 Å². The van der Waals surface area contributed by atoms with E-state index in [-0.39, 0.29) is 36.0 Å². The average Bonchev–Trinajstić information content (AvgIpc) is 3.18. The van der Waals surface area contributed by atoms with Crippen molar-refractivity contribution in [3.63, 3.8) is 0 Å². The van der Waals surface area contributed by atoms with Crippen LogP contribution >= 0.6 is 15.9 Å². The third-order valence-electron chi connectivity index (χ3n) is 8.52. The third kappa shape index (κ3) is 3.43. The average molecular weight is 592 g/mol. The molecule has 10 heteroatoms. The van der Waals surface area contributed by atoms with Crippen molar-refractivity contribution < 1.29 is 19.4 Å². The Morgan fingerprint density at radius 1 is 1.08 bits per heavy atom. The highest BCUT2D eigenvalue weighted by Crippen LogP contribution is 2.60. The number of carbonyl (C=O) groups excluding carboxylic acids is 2. The Kier molecular flexibility index (Phi) is 5.73. The van der Waals surface area contributed by atoms with E-state index >= 15 is 0 Å². The fraction of sp³-hybridized carbons (Fsp3) is 0.310. The zero-order chi connectivity index (χ0) is 27.8. The molecule has 200 valence electrons. The van der Waals surface area contributed by atoms with E-state index in [1.807, 2.05) is 13.0 Å². The standard InChI is InChI=1S/C29H26BrN3O6/c1-15-11-22(34)19-14-21-18(9-10-31-27(37)32(28(38)33(21)31)17-7-5-4-6-8-17)24(29(19,2)26(15)36)16-12-20(30)25(35)23(13-16)39-3/h4-9,11-13,19,21,24,35H,10,14H2,1-3H3/t19-,21+,24-,29+/m0/s1. The Morgan fingerprint density at radius 3 is 2.49 bits per heavy atom. The number of benzene rings is 2. The van der Waals surface area contributed by atoms with Crippen molar-refractivity contribution in [2.75, 3.05) is 7.11 Å². The van der Waals surface area contributed by atoms with Crippen LogP contribution in [0, 0.1) is 11.3 Å². The van der Waals surface area contributed by atoms with E-state index in [4.69, 9.17) is 4.74 Å². The van der Waals surface area contributed by atoms with Crippen LogP contribution in [0.25, 0.3) is 5.69 Å². The lowest BCUT2D eigenvalue weighted by molar-refractivity contribution is -0.139. The number of aromatic nitrogens is 3. The number of hydrogen-bond acceptors (Lipinski definition) is 6. The molecule has 1 N–H and O–H groups in total. The molecule has 0 bridgehead atoms. The molecule has 6 rings (SSSR count). The number of Topliss-reactive ketones (excluding diaryl/α,β-unsaturated/α-hetero) is 1. The molecule has 2 aromatic carbocycles. The van der Waals surface area contributed by atoms with Crippen molar-refractivity contribution in [3.8, 4) is 17.2 Å². The maximum atomic E-state index is 13.9. The number of allylic oxidation sites excluding steroid dienone is 4. The number of ether oxygens (including phenoxy) is 1. The van der Waals surface area contributed by atoms with Gasteiger partial charge in [0.05, 0.1) is 35.3 Å². The Balaban J connectivity index is 1.61. The lowest BCUT2D eigenvalue weighted by Gasteiger charge is -2.52. The van der Waals surface area contributed by atoms with Gasteiger partial charge in [-0.15, -0.1) is 0 Å². The van der Waals surface area contributed by atoms with Gasteiger partial charge >= 0.3 is 11.4 Å². The molecule has 0 unspecified atom stereocenters. The van der Waals surface area contributed by atoms with E-state index in [9.17, 15) is 24.3 Å². The topological polar surface area (TPSA) is 113 Å². The molecule has 1 aliphatic heterocycles. The summed E-state index contributed by atoms with van der Waals surface area (Å²) in [7, 11) is 1.44. The number of ketones is 2. The Morgan fingerprint density at radius 2 is 1.79 bits per heavy atom. The van der Waals surface area contributed by atoms with Crippen LogP contribution < -0.4 is 16.1 Å². The third-order valence-corrected chi connectivity index (χ3v) is 9.13. The second-order valence-corrected chi connectivity index (χ2v) is 11.4. The second-order valence-electron chi connectivity index (χ2n) is 10.5. The smallest absolute Gasteiger partial charge is 0.352 e. The summed E-state index contributed by atoms with van der Waals surface area (Å²) in [6, 6.07) is 11.5. The number of fused-ring (bicyclic) bond motifs is 4. The van der Waals surface area contributed by atoms with Crippen molar-refractivity contribution in [1.29, 1.82) is 0 Å². The maximum absolute atomic E-state index is 13.9. The van der Waals surface area contributed by atoms with Gasteiger partial charge in [-0.25, -0.2) is 23.5 Å². The fourth-order valence-electron chi connectivity index (χ4n) is 6.75. The quantitative estimate of drug-likeness (QED) is 0.465. The molecule has 1 fully saturated rings. The molecule has 2 heterocycles. The highest BCUT2D eigenvalue weighted by atomic mass is 79.9. The Hall–Kier alpha value is -3.92. The van der Waals surface area contributed by atoms with E-state index in [0.29, 0.717) is 21.3 Å². The molecule has 1 aromatic heterocycles. The van der Waals surface area contributed by atoms with Crippen molar-refractivity contribution in [2.45, 2.75) is 38.8 Å². The van der Waals surface area contributed by atoms with Gasteiger partial charge in [0.2, 0.25) is 0 Å². The summed E-state index contributed by atoms with van der Waals surface area (Å²) in [5.74, 6) is -1.55. The number of aromatic hydroxyl groups is 1. The van der Waals surface area contributed by atoms with Gasteiger partial charge in [-0.3, -0.25) is 9.59 Å². The van der Waals surface area contributed by atoms with Crippen molar-refractivity contribution in [2.24, 2.45) is 11.3 Å². The molecule has 4 atom stereocenters. The van der Waals surface area contributed by atoms with Crippen LogP contribution in [0.4, 0.5) is 0 Å². The predicted octanol–water partition coefficient (Wildman–Crippen LogP) is 3.67. The van der Waals surface area contributed by atoms with Gasteiger partial charge in [0, 0.05) is 11.8 Å². The molecule has 3 aliphatic rings. The first kappa shape index (κ1) is 25.4. The number of nitrogens with zero attached hydrogens (tertiary/aromatic N) is 3. The van der Waals surface area contributed by atoms with Gasteiger partial charge in [-0.05, 0) is 76.3 Å². The minimum Gasteiger partial charge on any atom is -0.503 e. The summed E-state index contributed by atoms with van der Waals surface area (Å²) >= 11 is 3.40. The van der Waals surface area contributed by atoms with Crippen LogP contribution in [-0.4, -0.2) is 37.7 Å². The van der Waals surface area contributed by atoms with Crippen LogP contribution in [0.2, 0.25) is 0 Å². The molecule has 3 aromatic rings. The molecular formula is C29H26BrN3O6. The van der Waals surface area contributed by atoms with E-state index in [1.165, 1.54) is 22.5 Å². The van der Waals surface area contributed by atoms with Crippen LogP contribution in [0.15, 0.2) is 79.8 Å². The molecule has 1 saturated carbocycles. The number of halogens is 1. The van der Waals surface area contributed by atoms with Crippen LogP contribution in [0.3, 0.4) is 0 Å². The molecule has 0 amide bonds. The van der Waals surface area contributed by atoms with Gasteiger partial charge < -0.3 is 9.84 Å². The number of methoxy groups -OCH3 is 1. The van der Waals surface area contributed by atoms with Gasteiger partial charge in [-0.2, -0.15) is 0 Å². The second kappa shape index (κ2) is 8.81. The molecule has 2 aliphatic carbocycles. The SMILES string of the molecule is COc1cc([C@H]2C3=CCn4c(=O)n(-c5ccccc5)c(=O)n4[C@@H]3C[C@H]3C(=O)C=C(C)C(=O)[C@@]23C)cc(Br)c1O. The number of hydrogen-bond donors (Lipinski definition) is 1. The first-order valence-electron chi connectivity index (χ1n) is 12.6. The number of carbonyl (C=O) groups is 2. The first-order chi connectivity index (χ1) is 18.6. The molecule has 0 radical (unpaired) electrons. The number of phenols is 1. The maximum Gasteiger partial charge on any atom is 0.352 e. The first-order valence-corrected chi connectivity index (χ1v) is 13.4. The Bertz CT molecular complexity index is 1740. The highest BCUT2D eigenvalue weighted by Gasteiger charge is 2.59. The fourth-order valence-corrected chi connectivity index (χ4v) is 7.21. The highest BCUT2D eigenvalue weighted by molar-refractivity contribution is 9.10. The van der Waals surface area contributed by atoms with E-state index in [2.05, 4.69) is 15.9 Å². The number of para-hydroxylation sites is 1. The van der Waals surface area contributed by atoms with E-state index in [0.717, 1.165) is 10.1 Å². The summed E-state index contributed by atoms with van der Waals surface area (Å²) in [6.07, 6.45) is 3.48. The zero-order valence-electron chi connectivity index (χ0n) is 21.6. The molecule has 0 spiro atoms. The summed E-state index contributed by atoms with van der Waals surface area (Å²) < 4.78 is 9.75. The molecule has 0 saturated heterocycles. The number of phenolic OH excluding ortho intramolecular Hbond substituents is 1. The summed E-state index contributed by atoms with van der Waals surface area (Å²) in [6.45, 7) is 3.59.